The standard InChI is InChI=1S/C35H49N3O2S2/c1-9-12-22-38-31(39)30(32-37(8)27-17-13-14-18-29(27)41-32)42-33(38)36-21-15-16-23-40-28-20-19-25(34(4,5)10-2)24-26(28)35(6,7)11-3/h13-14,17-20,24H,9-12,15-16,21-23H2,1-8H3/b32-30-,36-33?. The normalized spacial score (nSPS) is 18.4. The molecule has 0 N–H and O–H groups in total. The Morgan fingerprint density at radius 1 is 0.905 bits per heavy atom. The van der Waals surface area contributed by atoms with Crippen LogP contribution >= 0.6 is 23.5 Å². The van der Waals surface area contributed by atoms with E-state index in [1.54, 1.807) is 11.8 Å². The molecule has 0 unspecified atom stereocenters. The number of nitrogens with zero attached hydrogens (tertiary/aromatic N) is 3. The second-order valence-corrected chi connectivity index (χ2v) is 14.6. The molecule has 228 valence electrons. The van der Waals surface area contributed by atoms with Gasteiger partial charge in [0.2, 0.25) is 0 Å². The van der Waals surface area contributed by atoms with E-state index in [9.17, 15) is 4.79 Å². The van der Waals surface area contributed by atoms with Gasteiger partial charge >= 0.3 is 0 Å². The van der Waals surface area contributed by atoms with Crippen molar-refractivity contribution >= 4 is 40.3 Å². The van der Waals surface area contributed by atoms with Crippen LogP contribution in [0.1, 0.15) is 98.1 Å². The van der Waals surface area contributed by atoms with Crippen LogP contribution < -0.4 is 9.64 Å². The Bertz CT molecular complexity index is 1330. The molecule has 2 heterocycles. The van der Waals surface area contributed by atoms with E-state index in [0.717, 1.165) is 65.1 Å². The zero-order chi connectivity index (χ0) is 30.5. The van der Waals surface area contributed by atoms with Crippen molar-refractivity contribution in [2.45, 2.75) is 103 Å². The molecule has 2 aliphatic rings. The molecule has 0 saturated carbocycles. The molecule has 0 radical (unpaired) electrons. The van der Waals surface area contributed by atoms with Crippen LogP contribution in [0.15, 0.2) is 62.3 Å². The summed E-state index contributed by atoms with van der Waals surface area (Å²) < 4.78 is 6.38. The van der Waals surface area contributed by atoms with Gasteiger partial charge in [0.25, 0.3) is 5.91 Å². The number of amides is 1. The molecular weight excluding hydrogens is 559 g/mol. The van der Waals surface area contributed by atoms with E-state index in [1.165, 1.54) is 27.8 Å². The number of unbranched alkanes of at least 4 members (excludes halogenated alkanes) is 2. The average molecular weight is 608 g/mol. The first-order valence-corrected chi connectivity index (χ1v) is 17.2. The Morgan fingerprint density at radius 3 is 2.33 bits per heavy atom. The Balaban J connectivity index is 1.40. The Kier molecular flexibility index (Phi) is 10.8. The molecule has 4 rings (SSSR count). The number of thioether (sulfide) groups is 2. The molecule has 42 heavy (non-hydrogen) atoms. The summed E-state index contributed by atoms with van der Waals surface area (Å²) in [5.41, 5.74) is 4.02. The van der Waals surface area contributed by atoms with Gasteiger partial charge in [0.1, 0.15) is 10.7 Å². The smallest absolute Gasteiger partial charge is 0.269 e. The van der Waals surface area contributed by atoms with E-state index in [1.807, 2.05) is 18.0 Å². The fourth-order valence-electron chi connectivity index (χ4n) is 5.04. The van der Waals surface area contributed by atoms with Gasteiger partial charge in [-0.15, -0.1) is 0 Å². The molecule has 2 aromatic carbocycles. The molecular formula is C35H49N3O2S2. The van der Waals surface area contributed by atoms with Gasteiger partial charge < -0.3 is 9.64 Å². The van der Waals surface area contributed by atoms with Crippen molar-refractivity contribution in [2.75, 3.05) is 31.6 Å². The second kappa shape index (κ2) is 13.9. The molecule has 1 fully saturated rings. The lowest BCUT2D eigenvalue weighted by Crippen LogP contribution is -2.31. The molecule has 5 nitrogen and oxygen atoms in total. The predicted molar refractivity (Wildman–Crippen MR) is 182 cm³/mol. The van der Waals surface area contributed by atoms with Crippen molar-refractivity contribution in [1.82, 2.24) is 4.90 Å². The number of para-hydroxylation sites is 1. The Morgan fingerprint density at radius 2 is 1.64 bits per heavy atom. The number of hydrogen-bond donors (Lipinski definition) is 0. The topological polar surface area (TPSA) is 45.1 Å². The molecule has 0 atom stereocenters. The molecule has 0 bridgehead atoms. The monoisotopic (exact) mass is 607 g/mol. The van der Waals surface area contributed by atoms with Crippen LogP contribution in [-0.2, 0) is 15.6 Å². The van der Waals surface area contributed by atoms with E-state index in [0.29, 0.717) is 19.7 Å². The van der Waals surface area contributed by atoms with Crippen molar-refractivity contribution in [2.24, 2.45) is 4.99 Å². The van der Waals surface area contributed by atoms with E-state index in [2.05, 4.69) is 89.8 Å². The molecule has 2 aromatic rings. The van der Waals surface area contributed by atoms with Crippen LogP contribution in [0.2, 0.25) is 0 Å². The lowest BCUT2D eigenvalue weighted by molar-refractivity contribution is -0.122. The summed E-state index contributed by atoms with van der Waals surface area (Å²) in [5.74, 6) is 1.08. The van der Waals surface area contributed by atoms with E-state index in [-0.39, 0.29) is 16.7 Å². The zero-order valence-electron chi connectivity index (χ0n) is 26.9. The van der Waals surface area contributed by atoms with Gasteiger partial charge in [-0.05, 0) is 78.5 Å². The average Bonchev–Trinajstić information content (AvgIpc) is 3.48. The van der Waals surface area contributed by atoms with Crippen LogP contribution in [-0.4, -0.2) is 42.7 Å². The highest BCUT2D eigenvalue weighted by molar-refractivity contribution is 8.19. The summed E-state index contributed by atoms with van der Waals surface area (Å²) in [5, 5.41) is 1.84. The van der Waals surface area contributed by atoms with Crippen LogP contribution in [0.4, 0.5) is 5.69 Å². The summed E-state index contributed by atoms with van der Waals surface area (Å²) >= 11 is 3.21. The number of carbonyl (C=O) groups is 1. The number of carbonyl (C=O) groups excluding carboxylic acids is 1. The van der Waals surface area contributed by atoms with Gasteiger partial charge in [-0.3, -0.25) is 14.7 Å². The summed E-state index contributed by atoms with van der Waals surface area (Å²) in [6.07, 6.45) is 6.00. The summed E-state index contributed by atoms with van der Waals surface area (Å²) in [6, 6.07) is 15.1. The minimum absolute atomic E-state index is 0.0502. The number of amidine groups is 1. The lowest BCUT2D eigenvalue weighted by Gasteiger charge is -2.30. The summed E-state index contributed by atoms with van der Waals surface area (Å²) in [6.45, 7) is 18.0. The lowest BCUT2D eigenvalue weighted by atomic mass is 9.76. The summed E-state index contributed by atoms with van der Waals surface area (Å²) in [4.78, 5) is 24.5. The molecule has 0 aromatic heterocycles. The van der Waals surface area contributed by atoms with Crippen molar-refractivity contribution in [1.29, 1.82) is 0 Å². The summed E-state index contributed by atoms with van der Waals surface area (Å²) in [7, 11) is 2.05. The minimum atomic E-state index is 0.0502. The maximum Gasteiger partial charge on any atom is 0.269 e. The highest BCUT2D eigenvalue weighted by Gasteiger charge is 2.38. The van der Waals surface area contributed by atoms with Gasteiger partial charge in [-0.1, -0.05) is 90.9 Å². The van der Waals surface area contributed by atoms with Crippen molar-refractivity contribution < 1.29 is 9.53 Å². The van der Waals surface area contributed by atoms with Crippen LogP contribution in [0, 0.1) is 0 Å². The molecule has 2 aliphatic heterocycles. The number of benzene rings is 2. The molecule has 0 spiro atoms. The quantitative estimate of drug-likeness (QED) is 0.168. The number of anilines is 1. The van der Waals surface area contributed by atoms with E-state index in [4.69, 9.17) is 9.73 Å². The van der Waals surface area contributed by atoms with E-state index < -0.39 is 0 Å². The minimum Gasteiger partial charge on any atom is -0.493 e. The largest absolute Gasteiger partial charge is 0.493 e. The first-order chi connectivity index (χ1) is 20.0. The van der Waals surface area contributed by atoms with Gasteiger partial charge in [-0.25, -0.2) is 0 Å². The van der Waals surface area contributed by atoms with Crippen LogP contribution in [0.3, 0.4) is 0 Å². The van der Waals surface area contributed by atoms with Crippen LogP contribution in [0.5, 0.6) is 5.75 Å². The fourth-order valence-corrected chi connectivity index (χ4v) is 7.41. The highest BCUT2D eigenvalue weighted by atomic mass is 32.2. The predicted octanol–water partition coefficient (Wildman–Crippen LogP) is 9.36. The molecule has 1 amide bonds. The van der Waals surface area contributed by atoms with Gasteiger partial charge in [-0.2, -0.15) is 0 Å². The highest BCUT2D eigenvalue weighted by Crippen LogP contribution is 2.49. The molecule has 1 saturated heterocycles. The first-order valence-electron chi connectivity index (χ1n) is 15.6. The van der Waals surface area contributed by atoms with E-state index >= 15 is 0 Å². The molecule has 7 heteroatoms. The third kappa shape index (κ3) is 7.05. The number of ether oxygens (including phenoxy) is 1. The van der Waals surface area contributed by atoms with Gasteiger partial charge in [0, 0.05) is 30.6 Å². The van der Waals surface area contributed by atoms with Gasteiger partial charge in [0.05, 0.1) is 17.3 Å². The van der Waals surface area contributed by atoms with Crippen LogP contribution in [0.25, 0.3) is 0 Å². The van der Waals surface area contributed by atoms with Crippen molar-refractivity contribution in [3.05, 3.63) is 63.5 Å². The zero-order valence-corrected chi connectivity index (χ0v) is 28.5. The second-order valence-electron chi connectivity index (χ2n) is 12.6. The fraction of sp³-hybridized carbons (Fsp3) is 0.543. The number of aliphatic imine (C=N–C) groups is 1. The number of rotatable bonds is 13. The van der Waals surface area contributed by atoms with Crippen molar-refractivity contribution in [3.8, 4) is 5.75 Å². The number of fused-ring (bicyclic) bond motifs is 1. The SMILES string of the molecule is CCCCN1C(=O)/C(=C2/Sc3ccccc3N2C)SC1=NCCCCOc1ccc(C(C)(C)CC)cc1C(C)(C)CC. The van der Waals surface area contributed by atoms with Gasteiger partial charge in [0.15, 0.2) is 5.17 Å². The molecule has 0 aliphatic carbocycles. The Labute approximate surface area is 262 Å². The number of hydrogen-bond acceptors (Lipinski definition) is 6. The maximum atomic E-state index is 13.5. The van der Waals surface area contributed by atoms with Crippen molar-refractivity contribution in [3.63, 3.8) is 0 Å². The third-order valence-corrected chi connectivity index (χ3v) is 11.3. The Hall–Kier alpha value is -2.38. The maximum absolute atomic E-state index is 13.5. The third-order valence-electron chi connectivity index (χ3n) is 8.85. The first kappa shape index (κ1) is 32.5.